The molecule has 2 N–H and O–H groups in total. The van der Waals surface area contributed by atoms with Crippen molar-refractivity contribution in [2.45, 2.75) is 44.7 Å². The van der Waals surface area contributed by atoms with Gasteiger partial charge in [0, 0.05) is 31.2 Å². The lowest BCUT2D eigenvalue weighted by Gasteiger charge is -2.26. The fourth-order valence-corrected chi connectivity index (χ4v) is 3.72. The third kappa shape index (κ3) is 3.50. The van der Waals surface area contributed by atoms with Crippen LogP contribution in [0.1, 0.15) is 48.0 Å². The number of carbonyl (C=O) groups excluding carboxylic acids is 1. The number of nitrogens with two attached hydrogens (primary N) is 1. The molecule has 0 bridgehead atoms. The number of benzene rings is 1. The number of hydrogen-bond acceptors (Lipinski definition) is 3. The number of nitrogens with zero attached hydrogens (tertiary/aromatic N) is 2. The van der Waals surface area contributed by atoms with Crippen LogP contribution < -0.4 is 5.73 Å². The van der Waals surface area contributed by atoms with Crippen LogP contribution in [-0.4, -0.2) is 47.9 Å². The van der Waals surface area contributed by atoms with Gasteiger partial charge in [-0.1, -0.05) is 12.1 Å². The van der Waals surface area contributed by atoms with Crippen LogP contribution in [0.4, 0.5) is 0 Å². The van der Waals surface area contributed by atoms with Gasteiger partial charge in [0.15, 0.2) is 0 Å². The molecule has 4 nitrogen and oxygen atoms in total. The summed E-state index contributed by atoms with van der Waals surface area (Å²) >= 11 is 0. The standard InChI is InChI=1S/C18H27N3O/c19-14-15-5-7-16(8-6-15)18(22)21-12-3-4-17(9-13-21)20-10-1-2-11-20/h5-8,17H,1-4,9-14,19H2. The van der Waals surface area contributed by atoms with Crippen LogP contribution in [0.2, 0.25) is 0 Å². The molecule has 0 aromatic heterocycles. The highest BCUT2D eigenvalue weighted by atomic mass is 16.2. The van der Waals surface area contributed by atoms with Crippen molar-refractivity contribution in [3.05, 3.63) is 35.4 Å². The van der Waals surface area contributed by atoms with Crippen LogP contribution in [0.25, 0.3) is 0 Å². The van der Waals surface area contributed by atoms with Gasteiger partial charge in [-0.25, -0.2) is 0 Å². The Morgan fingerprint density at radius 3 is 2.41 bits per heavy atom. The third-order valence-electron chi connectivity index (χ3n) is 5.08. The van der Waals surface area contributed by atoms with Crippen LogP contribution in [-0.2, 0) is 6.54 Å². The predicted octanol–water partition coefficient (Wildman–Crippen LogP) is 2.24. The molecule has 1 aromatic carbocycles. The maximum atomic E-state index is 12.7. The lowest BCUT2D eigenvalue weighted by molar-refractivity contribution is 0.0757. The molecule has 22 heavy (non-hydrogen) atoms. The molecule has 2 saturated heterocycles. The monoisotopic (exact) mass is 301 g/mol. The Morgan fingerprint density at radius 2 is 1.73 bits per heavy atom. The maximum Gasteiger partial charge on any atom is 0.253 e. The van der Waals surface area contributed by atoms with Crippen molar-refractivity contribution >= 4 is 5.91 Å². The van der Waals surface area contributed by atoms with Crippen LogP contribution in [0, 0.1) is 0 Å². The number of hydrogen-bond donors (Lipinski definition) is 1. The second-order valence-electron chi connectivity index (χ2n) is 6.52. The Bertz CT molecular complexity index is 494. The number of rotatable bonds is 3. The Kier molecular flexibility index (Phi) is 5.11. The zero-order valence-corrected chi connectivity index (χ0v) is 13.3. The van der Waals surface area contributed by atoms with Gasteiger partial charge >= 0.3 is 0 Å². The summed E-state index contributed by atoms with van der Waals surface area (Å²) < 4.78 is 0. The second-order valence-corrected chi connectivity index (χ2v) is 6.52. The summed E-state index contributed by atoms with van der Waals surface area (Å²) in [5.74, 6) is 0.172. The van der Waals surface area contributed by atoms with Crippen LogP contribution in [0.15, 0.2) is 24.3 Å². The maximum absolute atomic E-state index is 12.7. The Hall–Kier alpha value is -1.39. The quantitative estimate of drug-likeness (QED) is 0.931. The summed E-state index contributed by atoms with van der Waals surface area (Å²) in [7, 11) is 0. The van der Waals surface area contributed by atoms with Crippen molar-refractivity contribution in [3.63, 3.8) is 0 Å². The fraction of sp³-hybridized carbons (Fsp3) is 0.611. The molecule has 1 atom stereocenters. The van der Waals surface area contributed by atoms with Gasteiger partial charge in [0.05, 0.1) is 0 Å². The molecule has 3 rings (SSSR count). The van der Waals surface area contributed by atoms with Crippen molar-refractivity contribution < 1.29 is 4.79 Å². The average Bonchev–Trinajstić information content (AvgIpc) is 2.99. The van der Waals surface area contributed by atoms with E-state index in [0.717, 1.165) is 37.1 Å². The smallest absolute Gasteiger partial charge is 0.253 e. The van der Waals surface area contributed by atoms with Crippen molar-refractivity contribution in [3.8, 4) is 0 Å². The minimum atomic E-state index is 0.172. The Labute approximate surface area is 133 Å². The summed E-state index contributed by atoms with van der Waals surface area (Å²) in [4.78, 5) is 17.3. The van der Waals surface area contributed by atoms with E-state index in [1.54, 1.807) is 0 Å². The van der Waals surface area contributed by atoms with Gasteiger partial charge in [0.25, 0.3) is 5.91 Å². The number of likely N-dealkylation sites (tertiary alicyclic amines) is 2. The topological polar surface area (TPSA) is 49.6 Å². The van der Waals surface area contributed by atoms with E-state index in [2.05, 4.69) is 4.90 Å². The average molecular weight is 301 g/mol. The van der Waals surface area contributed by atoms with Gasteiger partial charge in [-0.15, -0.1) is 0 Å². The highest BCUT2D eigenvalue weighted by Crippen LogP contribution is 2.22. The first-order valence-corrected chi connectivity index (χ1v) is 8.60. The minimum Gasteiger partial charge on any atom is -0.339 e. The zero-order chi connectivity index (χ0) is 15.4. The van der Waals surface area contributed by atoms with Gasteiger partial charge in [-0.3, -0.25) is 4.79 Å². The van der Waals surface area contributed by atoms with Crippen LogP contribution in [0.5, 0.6) is 0 Å². The summed E-state index contributed by atoms with van der Waals surface area (Å²) in [6.45, 7) is 4.80. The first-order valence-electron chi connectivity index (χ1n) is 8.60. The summed E-state index contributed by atoms with van der Waals surface area (Å²) in [6, 6.07) is 8.41. The number of carbonyl (C=O) groups is 1. The van der Waals surface area contributed by atoms with Gasteiger partial charge in [0.1, 0.15) is 0 Å². The molecular weight excluding hydrogens is 274 g/mol. The molecule has 1 unspecified atom stereocenters. The van der Waals surface area contributed by atoms with Crippen molar-refractivity contribution in [2.75, 3.05) is 26.2 Å². The zero-order valence-electron chi connectivity index (χ0n) is 13.3. The second kappa shape index (κ2) is 7.25. The van der Waals surface area contributed by atoms with Crippen molar-refractivity contribution in [2.24, 2.45) is 5.73 Å². The number of amides is 1. The molecule has 2 aliphatic heterocycles. The molecule has 2 aliphatic rings. The van der Waals surface area contributed by atoms with E-state index >= 15 is 0 Å². The van der Waals surface area contributed by atoms with E-state index in [4.69, 9.17) is 5.73 Å². The van der Waals surface area contributed by atoms with Crippen molar-refractivity contribution in [1.29, 1.82) is 0 Å². The van der Waals surface area contributed by atoms with Gasteiger partial charge in [-0.05, 0) is 62.9 Å². The SMILES string of the molecule is NCc1ccc(C(=O)N2CCCC(N3CCCC3)CC2)cc1. The third-order valence-corrected chi connectivity index (χ3v) is 5.08. The lowest BCUT2D eigenvalue weighted by Crippen LogP contribution is -2.35. The summed E-state index contributed by atoms with van der Waals surface area (Å²) in [6.07, 6.45) is 6.15. The highest BCUT2D eigenvalue weighted by molar-refractivity contribution is 5.94. The van der Waals surface area contributed by atoms with E-state index in [-0.39, 0.29) is 5.91 Å². The molecule has 120 valence electrons. The van der Waals surface area contributed by atoms with Crippen molar-refractivity contribution in [1.82, 2.24) is 9.80 Å². The predicted molar refractivity (Wildman–Crippen MR) is 88.7 cm³/mol. The largest absolute Gasteiger partial charge is 0.339 e. The molecule has 0 spiro atoms. The van der Waals surface area contributed by atoms with Gasteiger partial charge in [0.2, 0.25) is 0 Å². The van der Waals surface area contributed by atoms with E-state index in [1.165, 1.54) is 32.4 Å². The first-order chi connectivity index (χ1) is 10.8. The normalized spacial score (nSPS) is 23.5. The molecule has 2 heterocycles. The highest BCUT2D eigenvalue weighted by Gasteiger charge is 2.26. The molecule has 4 heteroatoms. The molecule has 1 aromatic rings. The summed E-state index contributed by atoms with van der Waals surface area (Å²) in [5.41, 5.74) is 7.47. The Balaban J connectivity index is 1.60. The molecule has 1 amide bonds. The molecule has 2 fully saturated rings. The minimum absolute atomic E-state index is 0.172. The van der Waals surface area contributed by atoms with Crippen LogP contribution >= 0.6 is 0 Å². The molecule has 0 aliphatic carbocycles. The van der Waals surface area contributed by atoms with E-state index in [1.807, 2.05) is 29.2 Å². The van der Waals surface area contributed by atoms with Gasteiger partial charge < -0.3 is 15.5 Å². The van der Waals surface area contributed by atoms with E-state index < -0.39 is 0 Å². The van der Waals surface area contributed by atoms with Gasteiger partial charge in [-0.2, -0.15) is 0 Å². The van der Waals surface area contributed by atoms with E-state index in [9.17, 15) is 4.79 Å². The lowest BCUT2D eigenvalue weighted by atomic mass is 10.1. The molecule has 0 saturated carbocycles. The van der Waals surface area contributed by atoms with Crippen LogP contribution in [0.3, 0.4) is 0 Å². The van der Waals surface area contributed by atoms with E-state index in [0.29, 0.717) is 12.6 Å². The Morgan fingerprint density at radius 1 is 1.00 bits per heavy atom. The first kappa shape index (κ1) is 15.5. The molecular formula is C18H27N3O. The summed E-state index contributed by atoms with van der Waals surface area (Å²) in [5, 5.41) is 0. The fourth-order valence-electron chi connectivity index (χ4n) is 3.72. The molecule has 0 radical (unpaired) electrons.